The number of esters is 1. The van der Waals surface area contributed by atoms with Gasteiger partial charge < -0.3 is 9.84 Å². The molecule has 1 saturated carbocycles. The summed E-state index contributed by atoms with van der Waals surface area (Å²) >= 11 is 0. The van der Waals surface area contributed by atoms with Crippen molar-refractivity contribution in [1.82, 2.24) is 0 Å². The molecule has 1 rings (SSSR count). The first-order valence-corrected chi connectivity index (χ1v) is 6.47. The van der Waals surface area contributed by atoms with Crippen molar-refractivity contribution in [3.63, 3.8) is 0 Å². The fourth-order valence-electron chi connectivity index (χ4n) is 2.83. The van der Waals surface area contributed by atoms with Crippen LogP contribution in [0.3, 0.4) is 0 Å². The molecule has 1 N–H and O–H groups in total. The fraction of sp³-hybridized carbons (Fsp3) is 0.929. The maximum Gasteiger partial charge on any atom is 0.306 e. The Balaban J connectivity index is 2.49. The second kappa shape index (κ2) is 4.97. The molecule has 3 heteroatoms. The molecule has 0 aromatic rings. The zero-order chi connectivity index (χ0) is 13.3. The van der Waals surface area contributed by atoms with Crippen LogP contribution in [0.5, 0.6) is 0 Å². The van der Waals surface area contributed by atoms with Crippen molar-refractivity contribution in [2.75, 3.05) is 0 Å². The van der Waals surface area contributed by atoms with Gasteiger partial charge in [-0.1, -0.05) is 13.8 Å². The molecule has 0 bridgehead atoms. The molecule has 1 aliphatic carbocycles. The zero-order valence-corrected chi connectivity index (χ0v) is 11.7. The van der Waals surface area contributed by atoms with Crippen molar-refractivity contribution in [3.8, 4) is 0 Å². The summed E-state index contributed by atoms with van der Waals surface area (Å²) in [7, 11) is 0. The van der Waals surface area contributed by atoms with E-state index < -0.39 is 5.60 Å². The Kier molecular flexibility index (Phi) is 4.23. The summed E-state index contributed by atoms with van der Waals surface area (Å²) < 4.78 is 5.32. The highest BCUT2D eigenvalue weighted by Gasteiger charge is 2.34. The van der Waals surface area contributed by atoms with Crippen molar-refractivity contribution in [1.29, 1.82) is 0 Å². The van der Waals surface area contributed by atoms with E-state index in [1.54, 1.807) is 0 Å². The minimum atomic E-state index is -0.417. The van der Waals surface area contributed by atoms with Gasteiger partial charge in [0.25, 0.3) is 0 Å². The van der Waals surface area contributed by atoms with Gasteiger partial charge >= 0.3 is 5.97 Å². The molecule has 1 aliphatic rings. The lowest BCUT2D eigenvalue weighted by atomic mass is 9.70. The molecular formula is C14H26O3. The van der Waals surface area contributed by atoms with Crippen LogP contribution in [0.2, 0.25) is 0 Å². The van der Waals surface area contributed by atoms with Crippen LogP contribution in [0.25, 0.3) is 0 Å². The number of carbonyl (C=O) groups is 1. The average molecular weight is 242 g/mol. The lowest BCUT2D eigenvalue weighted by molar-refractivity contribution is -0.156. The molecule has 0 aromatic carbocycles. The van der Waals surface area contributed by atoms with Crippen molar-refractivity contribution in [2.45, 2.75) is 72.0 Å². The number of aliphatic hydroxyl groups is 1. The fourth-order valence-corrected chi connectivity index (χ4v) is 2.83. The average Bonchev–Trinajstić information content (AvgIpc) is 1.93. The summed E-state index contributed by atoms with van der Waals surface area (Å²) in [4.78, 5) is 11.7. The summed E-state index contributed by atoms with van der Waals surface area (Å²) in [6.07, 6.45) is 2.70. The first kappa shape index (κ1) is 14.5. The molecule has 0 saturated heterocycles. The minimum absolute atomic E-state index is 0.129. The van der Waals surface area contributed by atoms with E-state index in [-0.39, 0.29) is 23.4 Å². The molecular weight excluding hydrogens is 216 g/mol. The number of rotatable bonds is 2. The van der Waals surface area contributed by atoms with Crippen LogP contribution in [-0.4, -0.2) is 22.8 Å². The van der Waals surface area contributed by atoms with Crippen LogP contribution in [0.15, 0.2) is 0 Å². The molecule has 0 spiro atoms. The zero-order valence-electron chi connectivity index (χ0n) is 11.7. The van der Waals surface area contributed by atoms with E-state index >= 15 is 0 Å². The Morgan fingerprint density at radius 2 is 1.94 bits per heavy atom. The summed E-state index contributed by atoms with van der Waals surface area (Å²) in [6, 6.07) is 0. The lowest BCUT2D eigenvalue weighted by Crippen LogP contribution is -2.34. The van der Waals surface area contributed by atoms with Gasteiger partial charge in [0.1, 0.15) is 5.60 Å². The number of hydrogen-bond donors (Lipinski definition) is 1. The first-order chi connectivity index (χ1) is 7.57. The molecule has 2 atom stereocenters. The molecule has 1 fully saturated rings. The van der Waals surface area contributed by atoms with Crippen LogP contribution in [0, 0.1) is 11.3 Å². The van der Waals surface area contributed by atoms with Gasteiger partial charge in [0.05, 0.1) is 6.10 Å². The van der Waals surface area contributed by atoms with E-state index in [0.29, 0.717) is 6.42 Å². The van der Waals surface area contributed by atoms with Gasteiger partial charge in [0.15, 0.2) is 0 Å². The van der Waals surface area contributed by atoms with Gasteiger partial charge in [-0.25, -0.2) is 0 Å². The minimum Gasteiger partial charge on any atom is -0.460 e. The molecule has 100 valence electrons. The Hall–Kier alpha value is -0.570. The number of aliphatic hydroxyl groups excluding tert-OH is 1. The van der Waals surface area contributed by atoms with Crippen molar-refractivity contribution >= 4 is 5.97 Å². The highest BCUT2D eigenvalue weighted by molar-refractivity contribution is 5.70. The maximum absolute atomic E-state index is 11.7. The van der Waals surface area contributed by atoms with Crippen molar-refractivity contribution < 1.29 is 14.6 Å². The summed E-state index contributed by atoms with van der Waals surface area (Å²) in [5, 5.41) is 9.81. The smallest absolute Gasteiger partial charge is 0.306 e. The summed E-state index contributed by atoms with van der Waals surface area (Å²) in [5.41, 5.74) is -0.287. The highest BCUT2D eigenvalue weighted by Crippen LogP contribution is 2.40. The Morgan fingerprint density at radius 3 is 2.41 bits per heavy atom. The first-order valence-electron chi connectivity index (χ1n) is 6.47. The molecule has 17 heavy (non-hydrogen) atoms. The third-order valence-corrected chi connectivity index (χ3v) is 3.11. The monoisotopic (exact) mass is 242 g/mol. The summed E-state index contributed by atoms with van der Waals surface area (Å²) in [5.74, 6) is 0.107. The predicted molar refractivity (Wildman–Crippen MR) is 67.6 cm³/mol. The van der Waals surface area contributed by atoms with Gasteiger partial charge in [0.2, 0.25) is 0 Å². The molecule has 0 heterocycles. The van der Waals surface area contributed by atoms with Gasteiger partial charge in [-0.2, -0.15) is 0 Å². The van der Waals surface area contributed by atoms with Gasteiger partial charge in [-0.15, -0.1) is 0 Å². The van der Waals surface area contributed by atoms with Crippen LogP contribution < -0.4 is 0 Å². The van der Waals surface area contributed by atoms with Crippen molar-refractivity contribution in [2.24, 2.45) is 11.3 Å². The molecule has 3 nitrogen and oxygen atoms in total. The normalized spacial score (nSPS) is 28.8. The van der Waals surface area contributed by atoms with E-state index in [4.69, 9.17) is 4.74 Å². The Morgan fingerprint density at radius 1 is 1.35 bits per heavy atom. The van der Waals surface area contributed by atoms with Crippen LogP contribution in [0.1, 0.15) is 60.3 Å². The van der Waals surface area contributed by atoms with Gasteiger partial charge in [-0.3, -0.25) is 4.79 Å². The molecule has 0 radical (unpaired) electrons. The van der Waals surface area contributed by atoms with Crippen LogP contribution in [-0.2, 0) is 9.53 Å². The van der Waals surface area contributed by atoms with E-state index in [1.807, 2.05) is 20.8 Å². The van der Waals surface area contributed by atoms with E-state index in [1.165, 1.54) is 0 Å². The highest BCUT2D eigenvalue weighted by atomic mass is 16.6. The summed E-state index contributed by atoms with van der Waals surface area (Å²) in [6.45, 7) is 9.94. The number of carbonyl (C=O) groups excluding carboxylic acids is 1. The number of ether oxygens (including phenoxy) is 1. The maximum atomic E-state index is 11.7. The van der Waals surface area contributed by atoms with E-state index in [2.05, 4.69) is 13.8 Å². The lowest BCUT2D eigenvalue weighted by Gasteiger charge is -2.38. The standard InChI is InChI=1S/C14H26O3/c1-13(2,3)17-12(16)7-10-6-11(15)9-14(4,5)8-10/h10-11,15H,6-9H2,1-5H3/t10-,11-/m1/s1. The van der Waals surface area contributed by atoms with Gasteiger partial charge in [-0.05, 0) is 51.4 Å². The van der Waals surface area contributed by atoms with Gasteiger partial charge in [0, 0.05) is 6.42 Å². The molecule has 0 amide bonds. The second-order valence-corrected chi connectivity index (χ2v) is 7.12. The second-order valence-electron chi connectivity index (χ2n) is 7.12. The van der Waals surface area contributed by atoms with Crippen LogP contribution >= 0.6 is 0 Å². The quantitative estimate of drug-likeness (QED) is 0.757. The Labute approximate surface area is 105 Å². The molecule has 0 aliphatic heterocycles. The third kappa shape index (κ3) is 5.53. The SMILES string of the molecule is CC1(C)C[C@H](O)C[C@H](CC(=O)OC(C)(C)C)C1. The number of hydrogen-bond acceptors (Lipinski definition) is 3. The topological polar surface area (TPSA) is 46.5 Å². The van der Waals surface area contributed by atoms with E-state index in [0.717, 1.165) is 19.3 Å². The van der Waals surface area contributed by atoms with E-state index in [9.17, 15) is 9.90 Å². The molecule has 0 unspecified atom stereocenters. The predicted octanol–water partition coefficient (Wildman–Crippen LogP) is 2.91. The molecule has 0 aromatic heterocycles. The van der Waals surface area contributed by atoms with Crippen molar-refractivity contribution in [3.05, 3.63) is 0 Å². The largest absolute Gasteiger partial charge is 0.460 e. The van der Waals surface area contributed by atoms with Crippen LogP contribution in [0.4, 0.5) is 0 Å². The third-order valence-electron chi connectivity index (χ3n) is 3.11. The Bertz CT molecular complexity index is 276.